The maximum absolute atomic E-state index is 8.36. The van der Waals surface area contributed by atoms with Crippen molar-refractivity contribution < 1.29 is 14.6 Å². The molecule has 4 nitrogen and oxygen atoms in total. The fraction of sp³-hybridized carbons (Fsp3) is 0.500. The van der Waals surface area contributed by atoms with Gasteiger partial charge in [-0.05, 0) is 50.3 Å². The molecule has 0 bridgehead atoms. The summed E-state index contributed by atoms with van der Waals surface area (Å²) < 4.78 is 5.91. The zero-order chi connectivity index (χ0) is 13.4. The maximum atomic E-state index is 8.36. The van der Waals surface area contributed by atoms with Gasteiger partial charge in [0.05, 0.1) is 6.10 Å². The van der Waals surface area contributed by atoms with E-state index in [1.165, 1.54) is 25.7 Å². The molecule has 0 aromatic heterocycles. The van der Waals surface area contributed by atoms with Crippen LogP contribution in [0, 0.1) is 0 Å². The summed E-state index contributed by atoms with van der Waals surface area (Å²) >= 11 is 0. The third-order valence-corrected chi connectivity index (χ3v) is 2.99. The minimum absolute atomic E-state index is 0.0807. The van der Waals surface area contributed by atoms with Crippen LogP contribution >= 0.6 is 0 Å². The van der Waals surface area contributed by atoms with Gasteiger partial charge in [-0.15, -0.1) is 0 Å². The van der Waals surface area contributed by atoms with Gasteiger partial charge in [0.15, 0.2) is 0 Å². The van der Waals surface area contributed by atoms with E-state index < -0.39 is 0 Å². The Morgan fingerprint density at radius 3 is 2.61 bits per heavy atom. The van der Waals surface area contributed by atoms with E-state index in [-0.39, 0.29) is 12.5 Å². The minimum Gasteiger partial charge on any atom is -0.490 e. The van der Waals surface area contributed by atoms with E-state index in [0.29, 0.717) is 6.10 Å². The molecular formula is C14H21NO3. The molecule has 100 valence electrons. The number of carbonyl (C=O) groups is 1. The normalized spacial score (nSPS) is 16.6. The predicted octanol–water partition coefficient (Wildman–Crippen LogP) is 2.73. The van der Waals surface area contributed by atoms with Crippen LogP contribution in [0.2, 0.25) is 0 Å². The number of hydrogen-bond donors (Lipinski definition) is 2. The molecule has 1 aliphatic rings. The van der Waals surface area contributed by atoms with Crippen molar-refractivity contribution in [3.05, 3.63) is 29.8 Å². The Balaban J connectivity index is 0.000000492. The van der Waals surface area contributed by atoms with E-state index in [4.69, 9.17) is 20.4 Å². The van der Waals surface area contributed by atoms with E-state index in [9.17, 15) is 0 Å². The molecule has 0 radical (unpaired) electrons. The fourth-order valence-electron chi connectivity index (χ4n) is 2.07. The predicted molar refractivity (Wildman–Crippen MR) is 70.6 cm³/mol. The minimum atomic E-state index is -0.250. The van der Waals surface area contributed by atoms with Gasteiger partial charge in [-0.1, -0.05) is 12.1 Å². The van der Waals surface area contributed by atoms with Crippen molar-refractivity contribution in [2.24, 2.45) is 5.73 Å². The van der Waals surface area contributed by atoms with Gasteiger partial charge in [-0.2, -0.15) is 0 Å². The van der Waals surface area contributed by atoms with Crippen LogP contribution in [0.5, 0.6) is 5.75 Å². The first-order chi connectivity index (χ1) is 8.67. The van der Waals surface area contributed by atoms with Gasteiger partial charge in [0.2, 0.25) is 0 Å². The SMILES string of the molecule is CC(N)c1cccc(OC2CCCC2)c1.O=CO. The molecular weight excluding hydrogens is 230 g/mol. The molecule has 2 rings (SSSR count). The van der Waals surface area contributed by atoms with Crippen LogP contribution in [0.4, 0.5) is 0 Å². The molecule has 1 fully saturated rings. The number of ether oxygens (including phenoxy) is 1. The van der Waals surface area contributed by atoms with Gasteiger partial charge < -0.3 is 15.6 Å². The molecule has 1 aromatic carbocycles. The van der Waals surface area contributed by atoms with Crippen molar-refractivity contribution in [3.63, 3.8) is 0 Å². The summed E-state index contributed by atoms with van der Waals surface area (Å²) in [5.41, 5.74) is 6.98. The first-order valence-electron chi connectivity index (χ1n) is 6.27. The van der Waals surface area contributed by atoms with Crippen LogP contribution in [0.25, 0.3) is 0 Å². The average molecular weight is 251 g/mol. The highest BCUT2D eigenvalue weighted by atomic mass is 16.5. The summed E-state index contributed by atoms with van der Waals surface area (Å²) in [5, 5.41) is 6.89. The number of hydrogen-bond acceptors (Lipinski definition) is 3. The van der Waals surface area contributed by atoms with E-state index in [2.05, 4.69) is 6.07 Å². The summed E-state index contributed by atoms with van der Waals surface area (Å²) in [7, 11) is 0. The quantitative estimate of drug-likeness (QED) is 0.810. The second kappa shape index (κ2) is 7.71. The largest absolute Gasteiger partial charge is 0.490 e. The topological polar surface area (TPSA) is 72.5 Å². The van der Waals surface area contributed by atoms with Gasteiger partial charge in [-0.3, -0.25) is 4.79 Å². The Hall–Kier alpha value is -1.55. The lowest BCUT2D eigenvalue weighted by Crippen LogP contribution is -2.11. The monoisotopic (exact) mass is 251 g/mol. The molecule has 3 N–H and O–H groups in total. The van der Waals surface area contributed by atoms with Gasteiger partial charge in [0, 0.05) is 6.04 Å². The number of carboxylic acid groups (broad SMARTS) is 1. The standard InChI is InChI=1S/C13H19NO.CH2O2/c1-10(14)11-5-4-8-13(9-11)15-12-6-2-3-7-12;2-1-3/h4-5,8-10,12H,2-3,6-7,14H2,1H3;1H,(H,2,3). The second-order valence-corrected chi connectivity index (χ2v) is 4.49. The van der Waals surface area contributed by atoms with Crippen LogP contribution in [-0.4, -0.2) is 17.7 Å². The Kier molecular flexibility index (Phi) is 6.22. The first-order valence-corrected chi connectivity index (χ1v) is 6.27. The third kappa shape index (κ3) is 4.75. The van der Waals surface area contributed by atoms with Gasteiger partial charge in [0.1, 0.15) is 5.75 Å². The van der Waals surface area contributed by atoms with Crippen molar-refractivity contribution in [2.45, 2.75) is 44.8 Å². The highest BCUT2D eigenvalue weighted by Crippen LogP contribution is 2.25. The molecule has 1 saturated carbocycles. The van der Waals surface area contributed by atoms with E-state index >= 15 is 0 Å². The lowest BCUT2D eigenvalue weighted by Gasteiger charge is -2.14. The molecule has 0 heterocycles. The molecule has 0 spiro atoms. The first kappa shape index (κ1) is 14.5. The van der Waals surface area contributed by atoms with Crippen LogP contribution in [0.3, 0.4) is 0 Å². The Labute approximate surface area is 108 Å². The van der Waals surface area contributed by atoms with E-state index in [1.54, 1.807) is 0 Å². The Morgan fingerprint density at radius 1 is 1.44 bits per heavy atom. The van der Waals surface area contributed by atoms with Gasteiger partial charge in [0.25, 0.3) is 6.47 Å². The number of nitrogens with two attached hydrogens (primary N) is 1. The van der Waals surface area contributed by atoms with Crippen molar-refractivity contribution >= 4 is 6.47 Å². The molecule has 1 aromatic rings. The smallest absolute Gasteiger partial charge is 0.290 e. The summed E-state index contributed by atoms with van der Waals surface area (Å²) in [6, 6.07) is 8.22. The van der Waals surface area contributed by atoms with Crippen molar-refractivity contribution in [1.82, 2.24) is 0 Å². The summed E-state index contributed by atoms with van der Waals surface area (Å²) in [4.78, 5) is 8.36. The molecule has 0 amide bonds. The third-order valence-electron chi connectivity index (χ3n) is 2.99. The van der Waals surface area contributed by atoms with Crippen LogP contribution in [0.1, 0.15) is 44.2 Å². The van der Waals surface area contributed by atoms with Crippen molar-refractivity contribution in [3.8, 4) is 5.75 Å². The fourth-order valence-corrected chi connectivity index (χ4v) is 2.07. The van der Waals surface area contributed by atoms with Crippen molar-refractivity contribution in [1.29, 1.82) is 0 Å². The summed E-state index contributed by atoms with van der Waals surface area (Å²) in [5.74, 6) is 0.969. The van der Waals surface area contributed by atoms with Crippen LogP contribution in [-0.2, 0) is 4.79 Å². The zero-order valence-corrected chi connectivity index (χ0v) is 10.7. The Morgan fingerprint density at radius 2 is 2.06 bits per heavy atom. The van der Waals surface area contributed by atoms with Crippen molar-refractivity contribution in [2.75, 3.05) is 0 Å². The molecule has 4 heteroatoms. The van der Waals surface area contributed by atoms with Gasteiger partial charge >= 0.3 is 0 Å². The van der Waals surface area contributed by atoms with Crippen LogP contribution in [0.15, 0.2) is 24.3 Å². The lowest BCUT2D eigenvalue weighted by molar-refractivity contribution is -0.122. The molecule has 0 saturated heterocycles. The molecule has 18 heavy (non-hydrogen) atoms. The van der Waals surface area contributed by atoms with Gasteiger partial charge in [-0.25, -0.2) is 0 Å². The average Bonchev–Trinajstić information content (AvgIpc) is 2.83. The lowest BCUT2D eigenvalue weighted by atomic mass is 10.1. The summed E-state index contributed by atoms with van der Waals surface area (Å²) in [6.45, 7) is 1.74. The van der Waals surface area contributed by atoms with E-state index in [1.807, 2.05) is 25.1 Å². The highest BCUT2D eigenvalue weighted by molar-refractivity contribution is 5.32. The molecule has 0 aliphatic heterocycles. The second-order valence-electron chi connectivity index (χ2n) is 4.49. The molecule has 1 unspecified atom stereocenters. The zero-order valence-electron chi connectivity index (χ0n) is 10.7. The maximum Gasteiger partial charge on any atom is 0.290 e. The van der Waals surface area contributed by atoms with E-state index in [0.717, 1.165) is 11.3 Å². The highest BCUT2D eigenvalue weighted by Gasteiger charge is 2.16. The molecule has 1 atom stereocenters. The molecule has 1 aliphatic carbocycles. The van der Waals surface area contributed by atoms with Crippen LogP contribution < -0.4 is 10.5 Å². The number of benzene rings is 1. The summed E-state index contributed by atoms with van der Waals surface area (Å²) in [6.07, 6.45) is 5.42. The Bertz CT molecular complexity index is 360. The number of rotatable bonds is 3.